The van der Waals surface area contributed by atoms with Gasteiger partial charge in [0.1, 0.15) is 0 Å². The number of pyridine rings is 1. The third kappa shape index (κ3) is 3.07. The van der Waals surface area contributed by atoms with Gasteiger partial charge in [0.05, 0.1) is 5.69 Å². The van der Waals surface area contributed by atoms with E-state index in [0.29, 0.717) is 12.5 Å². The molecule has 0 fully saturated rings. The number of hydrogen-bond donors (Lipinski definition) is 1. The van der Waals surface area contributed by atoms with Crippen LogP contribution in [0, 0.1) is 0 Å². The zero-order chi connectivity index (χ0) is 14.9. The van der Waals surface area contributed by atoms with E-state index in [1.807, 2.05) is 23.0 Å². The van der Waals surface area contributed by atoms with Crippen molar-refractivity contribution in [3.8, 4) is 5.82 Å². The molecule has 0 aliphatic carbocycles. The molecule has 20 heavy (non-hydrogen) atoms. The Morgan fingerprint density at radius 2 is 1.95 bits per heavy atom. The first-order chi connectivity index (χ1) is 9.31. The molecule has 0 aromatic carbocycles. The second-order valence-electron chi connectivity index (χ2n) is 6.51. The van der Waals surface area contributed by atoms with Gasteiger partial charge in [-0.3, -0.25) is 0 Å². The fraction of sp³-hybridized carbons (Fsp3) is 0.500. The second-order valence-corrected chi connectivity index (χ2v) is 6.51. The molecule has 2 rings (SSSR count). The molecule has 0 amide bonds. The van der Waals surface area contributed by atoms with Crippen molar-refractivity contribution in [3.05, 3.63) is 41.3 Å². The topological polar surface area (TPSA) is 56.7 Å². The quantitative estimate of drug-likeness (QED) is 0.933. The summed E-state index contributed by atoms with van der Waals surface area (Å²) in [6.07, 6.45) is 1.96. The maximum absolute atomic E-state index is 5.80. The van der Waals surface area contributed by atoms with Crippen LogP contribution in [0.1, 0.15) is 57.5 Å². The van der Waals surface area contributed by atoms with Gasteiger partial charge in [0.15, 0.2) is 5.82 Å². The van der Waals surface area contributed by atoms with E-state index >= 15 is 0 Å². The number of nitrogens with zero attached hydrogens (tertiary/aromatic N) is 3. The summed E-state index contributed by atoms with van der Waals surface area (Å²) in [5, 5.41) is 4.59. The zero-order valence-electron chi connectivity index (χ0n) is 13.0. The second kappa shape index (κ2) is 5.37. The molecule has 4 nitrogen and oxygen atoms in total. The maximum atomic E-state index is 5.80. The van der Waals surface area contributed by atoms with Gasteiger partial charge >= 0.3 is 0 Å². The molecule has 2 N–H and O–H groups in total. The summed E-state index contributed by atoms with van der Waals surface area (Å²) in [5.74, 6) is 1.25. The molecule has 0 spiro atoms. The Balaban J connectivity index is 2.49. The van der Waals surface area contributed by atoms with Crippen molar-refractivity contribution >= 4 is 0 Å². The standard InChI is InChI=1S/C16H24N4/c1-11(2)13-6-7-20(19-13)15-9-12(10-17)8-14(18-15)16(3,4)5/h6-9,11H,10,17H2,1-5H3. The van der Waals surface area contributed by atoms with E-state index in [-0.39, 0.29) is 5.41 Å². The minimum Gasteiger partial charge on any atom is -0.326 e. The highest BCUT2D eigenvalue weighted by molar-refractivity contribution is 5.33. The molecule has 108 valence electrons. The fourth-order valence-corrected chi connectivity index (χ4v) is 1.96. The molecule has 2 aromatic rings. The van der Waals surface area contributed by atoms with E-state index in [1.54, 1.807) is 0 Å². The Morgan fingerprint density at radius 3 is 2.45 bits per heavy atom. The lowest BCUT2D eigenvalue weighted by Crippen LogP contribution is -2.16. The summed E-state index contributed by atoms with van der Waals surface area (Å²) in [4.78, 5) is 4.74. The van der Waals surface area contributed by atoms with Crippen molar-refractivity contribution < 1.29 is 0 Å². The third-order valence-electron chi connectivity index (χ3n) is 3.31. The molecule has 2 aromatic heterocycles. The summed E-state index contributed by atoms with van der Waals surface area (Å²) < 4.78 is 1.84. The van der Waals surface area contributed by atoms with E-state index in [1.165, 1.54) is 0 Å². The number of aromatic nitrogens is 3. The van der Waals surface area contributed by atoms with Gasteiger partial charge in [-0.05, 0) is 29.7 Å². The van der Waals surface area contributed by atoms with E-state index in [0.717, 1.165) is 22.8 Å². The highest BCUT2D eigenvalue weighted by Gasteiger charge is 2.18. The molecule has 0 radical (unpaired) electrons. The van der Waals surface area contributed by atoms with Gasteiger partial charge in [0.2, 0.25) is 0 Å². The Bertz CT molecular complexity index is 591. The highest BCUT2D eigenvalue weighted by atomic mass is 15.3. The summed E-state index contributed by atoms with van der Waals surface area (Å²) in [6, 6.07) is 6.13. The van der Waals surface area contributed by atoms with Gasteiger partial charge in [-0.2, -0.15) is 5.10 Å². The molecule has 0 unspecified atom stereocenters. The number of hydrogen-bond acceptors (Lipinski definition) is 3. The van der Waals surface area contributed by atoms with Crippen LogP contribution >= 0.6 is 0 Å². The van der Waals surface area contributed by atoms with Gasteiger partial charge in [-0.25, -0.2) is 9.67 Å². The normalized spacial score (nSPS) is 12.2. The minimum atomic E-state index is -0.00599. The van der Waals surface area contributed by atoms with Gasteiger partial charge in [0, 0.05) is 23.9 Å². The Morgan fingerprint density at radius 1 is 1.25 bits per heavy atom. The van der Waals surface area contributed by atoms with Crippen LogP contribution < -0.4 is 5.73 Å². The summed E-state index contributed by atoms with van der Waals surface area (Å²) >= 11 is 0. The van der Waals surface area contributed by atoms with E-state index in [4.69, 9.17) is 10.7 Å². The Hall–Kier alpha value is -1.68. The molecule has 0 saturated carbocycles. The predicted molar refractivity (Wildman–Crippen MR) is 82.0 cm³/mol. The summed E-state index contributed by atoms with van der Waals surface area (Å²) in [5.41, 5.74) is 8.99. The van der Waals surface area contributed by atoms with Gasteiger partial charge in [-0.15, -0.1) is 0 Å². The average molecular weight is 272 g/mol. The van der Waals surface area contributed by atoms with Crippen LogP contribution in [0.3, 0.4) is 0 Å². The van der Waals surface area contributed by atoms with Gasteiger partial charge in [0.25, 0.3) is 0 Å². The van der Waals surface area contributed by atoms with Crippen molar-refractivity contribution in [3.63, 3.8) is 0 Å². The first-order valence-corrected chi connectivity index (χ1v) is 7.08. The molecular weight excluding hydrogens is 248 g/mol. The van der Waals surface area contributed by atoms with Crippen molar-refractivity contribution in [2.45, 2.75) is 52.5 Å². The Labute approximate surface area is 121 Å². The lowest BCUT2D eigenvalue weighted by molar-refractivity contribution is 0.564. The van der Waals surface area contributed by atoms with Crippen LogP contribution in [0.2, 0.25) is 0 Å². The molecule has 0 saturated heterocycles. The van der Waals surface area contributed by atoms with Gasteiger partial charge < -0.3 is 5.73 Å². The van der Waals surface area contributed by atoms with E-state index in [9.17, 15) is 0 Å². The molecule has 2 heterocycles. The monoisotopic (exact) mass is 272 g/mol. The van der Waals surface area contributed by atoms with Crippen LogP contribution in [-0.2, 0) is 12.0 Å². The van der Waals surface area contributed by atoms with Crippen LogP contribution in [0.4, 0.5) is 0 Å². The van der Waals surface area contributed by atoms with Gasteiger partial charge in [-0.1, -0.05) is 34.6 Å². The van der Waals surface area contributed by atoms with Crippen LogP contribution in [0.15, 0.2) is 24.4 Å². The molecule has 0 aliphatic rings. The smallest absolute Gasteiger partial charge is 0.153 e. The first kappa shape index (κ1) is 14.7. The lowest BCUT2D eigenvalue weighted by Gasteiger charge is -2.19. The molecular formula is C16H24N4. The van der Waals surface area contributed by atoms with Crippen LogP contribution in [-0.4, -0.2) is 14.8 Å². The van der Waals surface area contributed by atoms with E-state index < -0.39 is 0 Å². The maximum Gasteiger partial charge on any atom is 0.153 e. The summed E-state index contributed by atoms with van der Waals surface area (Å²) in [6.45, 7) is 11.2. The molecule has 4 heteroatoms. The zero-order valence-corrected chi connectivity index (χ0v) is 13.0. The van der Waals surface area contributed by atoms with Crippen LogP contribution in [0.25, 0.3) is 5.82 Å². The van der Waals surface area contributed by atoms with Crippen molar-refractivity contribution in [1.82, 2.24) is 14.8 Å². The predicted octanol–water partition coefficient (Wildman–Crippen LogP) is 3.15. The highest BCUT2D eigenvalue weighted by Crippen LogP contribution is 2.23. The largest absolute Gasteiger partial charge is 0.326 e. The Kier molecular flexibility index (Phi) is 3.95. The third-order valence-corrected chi connectivity index (χ3v) is 3.31. The SMILES string of the molecule is CC(C)c1ccn(-c2cc(CN)cc(C(C)(C)C)n2)n1. The minimum absolute atomic E-state index is 0.00599. The van der Waals surface area contributed by atoms with E-state index in [2.05, 4.69) is 45.8 Å². The van der Waals surface area contributed by atoms with Crippen molar-refractivity contribution in [2.75, 3.05) is 0 Å². The summed E-state index contributed by atoms with van der Waals surface area (Å²) in [7, 11) is 0. The van der Waals surface area contributed by atoms with Crippen LogP contribution in [0.5, 0.6) is 0 Å². The number of nitrogens with two attached hydrogens (primary N) is 1. The average Bonchev–Trinajstić information content (AvgIpc) is 2.87. The lowest BCUT2D eigenvalue weighted by atomic mass is 9.91. The molecule has 0 aliphatic heterocycles. The molecule has 0 bridgehead atoms. The van der Waals surface area contributed by atoms with Crippen molar-refractivity contribution in [2.24, 2.45) is 5.73 Å². The fourth-order valence-electron chi connectivity index (χ4n) is 1.96. The first-order valence-electron chi connectivity index (χ1n) is 7.08. The molecule has 0 atom stereocenters. The number of rotatable bonds is 3. The van der Waals surface area contributed by atoms with Crippen molar-refractivity contribution in [1.29, 1.82) is 0 Å².